The number of hydrogen-bond donors (Lipinski definition) is 0. The third-order valence-electron chi connectivity index (χ3n) is 3.97. The van der Waals surface area contributed by atoms with E-state index < -0.39 is 0 Å². The average Bonchev–Trinajstić information content (AvgIpc) is 3.08. The lowest BCUT2D eigenvalue weighted by Gasteiger charge is -2.10. The molecule has 0 saturated heterocycles. The quantitative estimate of drug-likeness (QED) is 0.480. The van der Waals surface area contributed by atoms with Crippen molar-refractivity contribution in [3.8, 4) is 0 Å². The van der Waals surface area contributed by atoms with E-state index in [0.717, 1.165) is 17.5 Å². The molecule has 0 saturated carbocycles. The fourth-order valence-electron chi connectivity index (χ4n) is 2.49. The molecule has 1 aromatic heterocycles. The van der Waals surface area contributed by atoms with Gasteiger partial charge in [0, 0.05) is 5.56 Å². The topological polar surface area (TPSA) is 60.7 Å². The van der Waals surface area contributed by atoms with E-state index in [1.54, 1.807) is 4.68 Å². The Morgan fingerprint density at radius 2 is 1.80 bits per heavy atom. The Morgan fingerprint density at radius 3 is 2.48 bits per heavy atom. The second-order valence-corrected chi connectivity index (χ2v) is 7.09. The van der Waals surface area contributed by atoms with E-state index >= 15 is 0 Å². The number of benzene rings is 2. The number of ketones is 1. The van der Waals surface area contributed by atoms with Gasteiger partial charge in [0.2, 0.25) is 5.16 Å². The molecule has 1 atom stereocenters. The number of carbonyl (C=O) groups excluding carboxylic acids is 1. The summed E-state index contributed by atoms with van der Waals surface area (Å²) in [4.78, 5) is 12.6. The fraction of sp³-hybridized carbons (Fsp3) is 0.263. The molecule has 3 rings (SSSR count). The van der Waals surface area contributed by atoms with Gasteiger partial charge in [0.25, 0.3) is 0 Å². The first kappa shape index (κ1) is 17.4. The monoisotopic (exact) mass is 352 g/mol. The van der Waals surface area contributed by atoms with Crippen molar-refractivity contribution in [2.75, 3.05) is 0 Å². The number of nitrogens with zero attached hydrogens (tertiary/aromatic N) is 4. The lowest BCUT2D eigenvalue weighted by Crippen LogP contribution is -2.15. The molecule has 6 heteroatoms. The largest absolute Gasteiger partial charge is 0.293 e. The molecule has 0 N–H and O–H groups in total. The van der Waals surface area contributed by atoms with Gasteiger partial charge in [-0.2, -0.15) is 0 Å². The summed E-state index contributed by atoms with van der Waals surface area (Å²) < 4.78 is 1.73. The first-order valence-corrected chi connectivity index (χ1v) is 9.15. The van der Waals surface area contributed by atoms with Gasteiger partial charge in [-0.3, -0.25) is 4.79 Å². The Morgan fingerprint density at radius 1 is 1.08 bits per heavy atom. The van der Waals surface area contributed by atoms with Gasteiger partial charge in [-0.25, -0.2) is 4.68 Å². The number of aryl methyl sites for hydroxylation is 1. The molecule has 25 heavy (non-hydrogen) atoms. The number of Topliss-reactive ketones (excluding diaryl/α,β-unsaturated/α-hetero) is 1. The highest BCUT2D eigenvalue weighted by atomic mass is 32.2. The molecule has 0 radical (unpaired) electrons. The predicted octanol–water partition coefficient (Wildman–Crippen LogP) is 3.65. The Balaban J connectivity index is 1.69. The first-order chi connectivity index (χ1) is 12.2. The molecule has 1 unspecified atom stereocenters. The van der Waals surface area contributed by atoms with E-state index in [-0.39, 0.29) is 11.0 Å². The molecule has 0 amide bonds. The highest BCUT2D eigenvalue weighted by Crippen LogP contribution is 2.24. The standard InChI is InChI=1S/C19H20N4OS/c1-3-15-9-11-17(12-10-15)18(24)14(2)25-19-20-21-22-23(19)13-16-7-5-4-6-8-16/h4-12,14H,3,13H2,1-2H3. The van der Waals surface area contributed by atoms with E-state index in [4.69, 9.17) is 0 Å². The zero-order chi connectivity index (χ0) is 17.6. The van der Waals surface area contributed by atoms with E-state index in [0.29, 0.717) is 11.7 Å². The third kappa shape index (κ3) is 4.33. The van der Waals surface area contributed by atoms with Crippen LogP contribution in [0.1, 0.15) is 35.3 Å². The van der Waals surface area contributed by atoms with Crippen LogP contribution in [-0.2, 0) is 13.0 Å². The molecule has 0 aliphatic heterocycles. The van der Waals surface area contributed by atoms with Gasteiger partial charge >= 0.3 is 0 Å². The van der Waals surface area contributed by atoms with Crippen LogP contribution >= 0.6 is 11.8 Å². The zero-order valence-corrected chi connectivity index (χ0v) is 15.1. The maximum Gasteiger partial charge on any atom is 0.210 e. The predicted molar refractivity (Wildman–Crippen MR) is 98.8 cm³/mol. The van der Waals surface area contributed by atoms with Crippen LogP contribution in [0.2, 0.25) is 0 Å². The summed E-state index contributed by atoms with van der Waals surface area (Å²) in [6.07, 6.45) is 0.965. The van der Waals surface area contributed by atoms with Crippen molar-refractivity contribution < 1.29 is 4.79 Å². The number of thioether (sulfide) groups is 1. The van der Waals surface area contributed by atoms with Crippen molar-refractivity contribution in [3.63, 3.8) is 0 Å². The van der Waals surface area contributed by atoms with Crippen molar-refractivity contribution in [2.24, 2.45) is 0 Å². The van der Waals surface area contributed by atoms with Gasteiger partial charge in [0.15, 0.2) is 5.78 Å². The summed E-state index contributed by atoms with van der Waals surface area (Å²) in [5.74, 6) is 0.0851. The van der Waals surface area contributed by atoms with Crippen molar-refractivity contribution >= 4 is 17.5 Å². The van der Waals surface area contributed by atoms with E-state index in [1.165, 1.54) is 17.3 Å². The molecule has 0 bridgehead atoms. The van der Waals surface area contributed by atoms with Gasteiger partial charge in [0.05, 0.1) is 11.8 Å². The van der Waals surface area contributed by atoms with Gasteiger partial charge in [0.1, 0.15) is 0 Å². The second kappa shape index (κ2) is 8.07. The van der Waals surface area contributed by atoms with E-state index in [1.807, 2.05) is 61.5 Å². The molecule has 0 aliphatic rings. The van der Waals surface area contributed by atoms with Gasteiger partial charge in [-0.15, -0.1) is 5.10 Å². The number of tetrazole rings is 1. The molecule has 0 fully saturated rings. The summed E-state index contributed by atoms with van der Waals surface area (Å²) in [5, 5.41) is 12.3. The second-order valence-electron chi connectivity index (χ2n) is 5.78. The molecule has 0 aliphatic carbocycles. The summed E-state index contributed by atoms with van der Waals surface area (Å²) >= 11 is 1.39. The molecule has 1 heterocycles. The molecule has 0 spiro atoms. The molecule has 3 aromatic rings. The average molecular weight is 352 g/mol. The highest BCUT2D eigenvalue weighted by Gasteiger charge is 2.20. The SMILES string of the molecule is CCc1ccc(C(=O)C(C)Sc2nnnn2Cc2ccccc2)cc1. The molecular formula is C19H20N4OS. The van der Waals surface area contributed by atoms with Crippen LogP contribution in [-0.4, -0.2) is 31.2 Å². The van der Waals surface area contributed by atoms with Gasteiger partial charge in [-0.1, -0.05) is 73.3 Å². The minimum absolute atomic E-state index is 0.0851. The number of carbonyl (C=O) groups is 1. The van der Waals surface area contributed by atoms with Crippen LogP contribution in [0.4, 0.5) is 0 Å². The molecule has 5 nitrogen and oxygen atoms in total. The van der Waals surface area contributed by atoms with Crippen molar-refractivity contribution in [1.82, 2.24) is 20.2 Å². The Hall–Kier alpha value is -2.47. The number of hydrogen-bond acceptors (Lipinski definition) is 5. The lowest BCUT2D eigenvalue weighted by molar-refractivity contribution is 0.0994. The fourth-order valence-corrected chi connectivity index (χ4v) is 3.35. The van der Waals surface area contributed by atoms with Crippen LogP contribution in [0.15, 0.2) is 59.8 Å². The maximum atomic E-state index is 12.6. The molecule has 2 aromatic carbocycles. The van der Waals surface area contributed by atoms with Crippen LogP contribution in [0.5, 0.6) is 0 Å². The number of rotatable bonds is 7. The van der Waals surface area contributed by atoms with Crippen LogP contribution < -0.4 is 0 Å². The summed E-state index contributed by atoms with van der Waals surface area (Å²) in [6.45, 7) is 4.58. The normalized spacial score (nSPS) is 12.1. The summed E-state index contributed by atoms with van der Waals surface area (Å²) in [6, 6.07) is 17.8. The van der Waals surface area contributed by atoms with Crippen LogP contribution in [0.25, 0.3) is 0 Å². The highest BCUT2D eigenvalue weighted by molar-refractivity contribution is 8.00. The third-order valence-corrected chi connectivity index (χ3v) is 5.04. The van der Waals surface area contributed by atoms with Gasteiger partial charge in [-0.05, 0) is 34.9 Å². The van der Waals surface area contributed by atoms with Crippen molar-refractivity contribution in [2.45, 2.75) is 37.2 Å². The van der Waals surface area contributed by atoms with E-state index in [9.17, 15) is 4.79 Å². The Labute approximate surface area is 151 Å². The van der Waals surface area contributed by atoms with E-state index in [2.05, 4.69) is 22.4 Å². The molecular weight excluding hydrogens is 332 g/mol. The minimum Gasteiger partial charge on any atom is -0.293 e. The van der Waals surface area contributed by atoms with Crippen molar-refractivity contribution in [3.05, 3.63) is 71.3 Å². The smallest absolute Gasteiger partial charge is 0.210 e. The van der Waals surface area contributed by atoms with Gasteiger partial charge < -0.3 is 0 Å². The zero-order valence-electron chi connectivity index (χ0n) is 14.3. The number of aromatic nitrogens is 4. The minimum atomic E-state index is -0.256. The molecule has 128 valence electrons. The lowest BCUT2D eigenvalue weighted by atomic mass is 10.1. The summed E-state index contributed by atoms with van der Waals surface area (Å²) in [5.41, 5.74) is 3.06. The first-order valence-electron chi connectivity index (χ1n) is 8.27. The van der Waals surface area contributed by atoms with Crippen molar-refractivity contribution in [1.29, 1.82) is 0 Å². The summed E-state index contributed by atoms with van der Waals surface area (Å²) in [7, 11) is 0. The van der Waals surface area contributed by atoms with Crippen LogP contribution in [0, 0.1) is 0 Å². The maximum absolute atomic E-state index is 12.6. The Kier molecular flexibility index (Phi) is 5.60. The Bertz CT molecular complexity index is 830. The van der Waals surface area contributed by atoms with Crippen LogP contribution in [0.3, 0.4) is 0 Å².